The molecule has 0 aliphatic carbocycles. The largest absolute Gasteiger partial charge is 0.367 e. The van der Waals surface area contributed by atoms with Gasteiger partial charge in [-0.15, -0.1) is 0 Å². The number of pyridine rings is 2. The summed E-state index contributed by atoms with van der Waals surface area (Å²) < 4.78 is 14.1. The standard InChI is InChI=1S/C25H26FN5O2/c1-17-14-19(5-7-21(17)25-22(26)4-3-9-27-25)15-24(33)29-23-8-6-20(16-28-23)31-12-10-30(11-13-31)18(2)32/h3-9,14,16H,10-13,15H2,1-2H3,(H,28,29,33). The molecule has 1 aliphatic rings. The van der Waals surface area contributed by atoms with Crippen molar-refractivity contribution < 1.29 is 14.0 Å². The third kappa shape index (κ3) is 5.34. The smallest absolute Gasteiger partial charge is 0.229 e. The van der Waals surface area contributed by atoms with E-state index in [1.807, 2.05) is 30.0 Å². The minimum absolute atomic E-state index is 0.0968. The second-order valence-corrected chi connectivity index (χ2v) is 8.10. The molecule has 1 saturated heterocycles. The number of carbonyl (C=O) groups is 2. The van der Waals surface area contributed by atoms with E-state index in [0.717, 1.165) is 29.9 Å². The number of nitrogens with zero attached hydrogens (tertiary/aromatic N) is 4. The van der Waals surface area contributed by atoms with Crippen LogP contribution < -0.4 is 10.2 Å². The molecule has 33 heavy (non-hydrogen) atoms. The van der Waals surface area contributed by atoms with Crippen molar-refractivity contribution in [3.05, 3.63) is 71.8 Å². The van der Waals surface area contributed by atoms with Crippen molar-refractivity contribution in [2.75, 3.05) is 36.4 Å². The number of hydrogen-bond acceptors (Lipinski definition) is 5. The maximum Gasteiger partial charge on any atom is 0.229 e. The fraction of sp³-hybridized carbons (Fsp3) is 0.280. The van der Waals surface area contributed by atoms with E-state index in [1.165, 1.54) is 6.07 Å². The monoisotopic (exact) mass is 447 g/mol. The molecule has 2 amide bonds. The van der Waals surface area contributed by atoms with E-state index < -0.39 is 0 Å². The summed E-state index contributed by atoms with van der Waals surface area (Å²) in [6.45, 7) is 6.36. The van der Waals surface area contributed by atoms with Crippen molar-refractivity contribution in [3.63, 3.8) is 0 Å². The quantitative estimate of drug-likeness (QED) is 0.648. The second kappa shape index (κ2) is 9.77. The van der Waals surface area contributed by atoms with Gasteiger partial charge < -0.3 is 15.1 Å². The molecule has 1 aliphatic heterocycles. The van der Waals surface area contributed by atoms with Crippen LogP contribution in [0.4, 0.5) is 15.9 Å². The van der Waals surface area contributed by atoms with Gasteiger partial charge in [-0.25, -0.2) is 9.37 Å². The first kappa shape index (κ1) is 22.4. The van der Waals surface area contributed by atoms with Crippen LogP contribution in [0, 0.1) is 12.7 Å². The Morgan fingerprint density at radius 1 is 1.06 bits per heavy atom. The highest BCUT2D eigenvalue weighted by atomic mass is 19.1. The zero-order chi connectivity index (χ0) is 23.4. The molecule has 1 aromatic carbocycles. The van der Waals surface area contributed by atoms with Crippen LogP contribution >= 0.6 is 0 Å². The average molecular weight is 448 g/mol. The molecule has 0 bridgehead atoms. The zero-order valence-corrected chi connectivity index (χ0v) is 18.7. The summed E-state index contributed by atoms with van der Waals surface area (Å²) in [6.07, 6.45) is 3.48. The summed E-state index contributed by atoms with van der Waals surface area (Å²) in [4.78, 5) is 36.5. The molecule has 2 aromatic heterocycles. The Morgan fingerprint density at radius 3 is 2.48 bits per heavy atom. The number of hydrogen-bond donors (Lipinski definition) is 1. The number of benzene rings is 1. The fourth-order valence-corrected chi connectivity index (χ4v) is 3.98. The second-order valence-electron chi connectivity index (χ2n) is 8.10. The summed E-state index contributed by atoms with van der Waals surface area (Å²) in [7, 11) is 0. The molecule has 8 heteroatoms. The van der Waals surface area contributed by atoms with Crippen LogP contribution in [0.3, 0.4) is 0 Å². The Morgan fingerprint density at radius 2 is 1.85 bits per heavy atom. The van der Waals surface area contributed by atoms with Gasteiger partial charge in [0.05, 0.1) is 18.3 Å². The Bertz CT molecular complexity index is 1160. The van der Waals surface area contributed by atoms with Crippen molar-refractivity contribution in [2.24, 2.45) is 0 Å². The van der Waals surface area contributed by atoms with Gasteiger partial charge in [-0.05, 0) is 42.3 Å². The molecule has 7 nitrogen and oxygen atoms in total. The predicted molar refractivity (Wildman–Crippen MR) is 125 cm³/mol. The van der Waals surface area contributed by atoms with Gasteiger partial charge in [-0.2, -0.15) is 0 Å². The normalized spacial score (nSPS) is 13.7. The molecule has 0 radical (unpaired) electrons. The van der Waals surface area contributed by atoms with Gasteiger partial charge in [0.25, 0.3) is 0 Å². The van der Waals surface area contributed by atoms with E-state index in [-0.39, 0.29) is 24.1 Å². The number of rotatable bonds is 5. The maximum absolute atomic E-state index is 14.1. The highest BCUT2D eigenvalue weighted by Crippen LogP contribution is 2.25. The Hall–Kier alpha value is -3.81. The summed E-state index contributed by atoms with van der Waals surface area (Å²) in [5.74, 6) is 0.0254. The Kier molecular flexibility index (Phi) is 6.63. The van der Waals surface area contributed by atoms with Crippen LogP contribution in [0.25, 0.3) is 11.3 Å². The topological polar surface area (TPSA) is 78.4 Å². The predicted octanol–water partition coefficient (Wildman–Crippen LogP) is 3.44. The third-order valence-electron chi connectivity index (χ3n) is 5.77. The van der Waals surface area contributed by atoms with Gasteiger partial charge in [0, 0.05) is 44.9 Å². The fourth-order valence-electron chi connectivity index (χ4n) is 3.98. The number of amides is 2. The van der Waals surface area contributed by atoms with Gasteiger partial charge >= 0.3 is 0 Å². The van der Waals surface area contributed by atoms with Crippen molar-refractivity contribution >= 4 is 23.3 Å². The number of aryl methyl sites for hydroxylation is 1. The van der Waals surface area contributed by atoms with Crippen LogP contribution in [0.5, 0.6) is 0 Å². The molecule has 0 unspecified atom stereocenters. The molecular weight excluding hydrogens is 421 g/mol. The van der Waals surface area contributed by atoms with Gasteiger partial charge in [0.2, 0.25) is 11.8 Å². The molecule has 3 heterocycles. The van der Waals surface area contributed by atoms with E-state index >= 15 is 0 Å². The third-order valence-corrected chi connectivity index (χ3v) is 5.77. The molecule has 3 aromatic rings. The maximum atomic E-state index is 14.1. The summed E-state index contributed by atoms with van der Waals surface area (Å²) >= 11 is 0. The van der Waals surface area contributed by atoms with E-state index in [1.54, 1.807) is 37.5 Å². The molecule has 1 N–H and O–H groups in total. The lowest BCUT2D eigenvalue weighted by atomic mass is 10.00. The molecule has 0 spiro atoms. The number of anilines is 2. The van der Waals surface area contributed by atoms with Crippen LogP contribution in [-0.4, -0.2) is 52.9 Å². The first-order valence-corrected chi connectivity index (χ1v) is 10.9. The van der Waals surface area contributed by atoms with Crippen LogP contribution in [0.15, 0.2) is 54.9 Å². The van der Waals surface area contributed by atoms with Crippen molar-refractivity contribution in [1.29, 1.82) is 0 Å². The Balaban J connectivity index is 1.35. The van der Waals surface area contributed by atoms with Gasteiger partial charge in [-0.1, -0.05) is 18.2 Å². The number of aromatic nitrogens is 2. The average Bonchev–Trinajstić information content (AvgIpc) is 2.80. The van der Waals surface area contributed by atoms with Crippen LogP contribution in [0.1, 0.15) is 18.1 Å². The van der Waals surface area contributed by atoms with E-state index in [2.05, 4.69) is 20.2 Å². The van der Waals surface area contributed by atoms with Crippen molar-refractivity contribution in [2.45, 2.75) is 20.3 Å². The van der Waals surface area contributed by atoms with Gasteiger partial charge in [0.1, 0.15) is 17.3 Å². The SMILES string of the molecule is CC(=O)N1CCN(c2ccc(NC(=O)Cc3ccc(-c4ncccc4F)c(C)c3)nc2)CC1. The molecule has 0 saturated carbocycles. The number of carbonyl (C=O) groups excluding carboxylic acids is 2. The van der Waals surface area contributed by atoms with Crippen LogP contribution in [-0.2, 0) is 16.0 Å². The number of nitrogens with one attached hydrogen (secondary N) is 1. The Labute approximate surface area is 192 Å². The zero-order valence-electron chi connectivity index (χ0n) is 18.7. The molecule has 0 atom stereocenters. The lowest BCUT2D eigenvalue weighted by Gasteiger charge is -2.35. The minimum Gasteiger partial charge on any atom is -0.367 e. The first-order valence-electron chi connectivity index (χ1n) is 10.9. The van der Waals surface area contributed by atoms with Gasteiger partial charge in [0.15, 0.2) is 0 Å². The number of halogens is 1. The van der Waals surface area contributed by atoms with E-state index in [9.17, 15) is 14.0 Å². The summed E-state index contributed by atoms with van der Waals surface area (Å²) in [6, 6.07) is 12.1. The molecule has 4 rings (SSSR count). The number of piperazine rings is 1. The minimum atomic E-state index is -0.374. The van der Waals surface area contributed by atoms with E-state index in [0.29, 0.717) is 30.2 Å². The summed E-state index contributed by atoms with van der Waals surface area (Å²) in [5.41, 5.74) is 3.65. The van der Waals surface area contributed by atoms with Crippen molar-refractivity contribution in [1.82, 2.24) is 14.9 Å². The van der Waals surface area contributed by atoms with Crippen molar-refractivity contribution in [3.8, 4) is 11.3 Å². The molecular formula is C25H26FN5O2. The highest BCUT2D eigenvalue weighted by Gasteiger charge is 2.19. The molecule has 1 fully saturated rings. The lowest BCUT2D eigenvalue weighted by Crippen LogP contribution is -2.48. The first-order chi connectivity index (χ1) is 15.9. The lowest BCUT2D eigenvalue weighted by molar-refractivity contribution is -0.129. The van der Waals surface area contributed by atoms with E-state index in [4.69, 9.17) is 0 Å². The summed E-state index contributed by atoms with van der Waals surface area (Å²) in [5, 5.41) is 2.82. The van der Waals surface area contributed by atoms with Gasteiger partial charge in [-0.3, -0.25) is 14.6 Å². The highest BCUT2D eigenvalue weighted by molar-refractivity contribution is 5.91. The van der Waals surface area contributed by atoms with Crippen LogP contribution in [0.2, 0.25) is 0 Å². The molecule has 170 valence electrons.